The first kappa shape index (κ1) is 24.1. The first-order chi connectivity index (χ1) is 13.0. The van der Waals surface area contributed by atoms with Crippen molar-refractivity contribution >= 4 is 21.8 Å². The van der Waals surface area contributed by atoms with E-state index >= 15 is 0 Å². The van der Waals surface area contributed by atoms with Crippen molar-refractivity contribution in [1.82, 2.24) is 10.2 Å². The molecular formula is C20H35N3O4S. The van der Waals surface area contributed by atoms with Gasteiger partial charge in [-0.15, -0.1) is 0 Å². The molecule has 0 fully saturated rings. The molecule has 0 aliphatic rings. The quantitative estimate of drug-likeness (QED) is 0.593. The zero-order valence-corrected chi connectivity index (χ0v) is 19.0. The average Bonchev–Trinajstić information content (AvgIpc) is 2.60. The number of nitrogens with zero attached hydrogens (tertiary/aromatic N) is 2. The molecule has 0 atom stereocenters. The largest absolute Gasteiger partial charge is 0.382 e. The number of benzene rings is 1. The van der Waals surface area contributed by atoms with E-state index < -0.39 is 10.1 Å². The molecule has 2 amide bonds. The zero-order valence-electron chi connectivity index (χ0n) is 18.2. The van der Waals surface area contributed by atoms with Crippen molar-refractivity contribution < 1.29 is 17.4 Å². The summed E-state index contributed by atoms with van der Waals surface area (Å²) in [6.45, 7) is 15.1. The topological polar surface area (TPSA) is 79.0 Å². The Morgan fingerprint density at radius 1 is 1.11 bits per heavy atom. The summed E-state index contributed by atoms with van der Waals surface area (Å²) in [7, 11) is -3.68. The third-order valence-corrected chi connectivity index (χ3v) is 5.53. The van der Waals surface area contributed by atoms with Crippen LogP contribution >= 0.6 is 0 Å². The Labute approximate surface area is 170 Å². The highest BCUT2D eigenvalue weighted by atomic mass is 32.2. The average molecular weight is 414 g/mol. The van der Waals surface area contributed by atoms with E-state index in [1.54, 1.807) is 17.9 Å². The minimum atomic E-state index is -3.68. The molecule has 0 aromatic heterocycles. The lowest BCUT2D eigenvalue weighted by molar-refractivity contribution is 0.177. The molecule has 0 saturated carbocycles. The maximum absolute atomic E-state index is 12.6. The second-order valence-electron chi connectivity index (χ2n) is 7.22. The van der Waals surface area contributed by atoms with E-state index in [-0.39, 0.29) is 36.2 Å². The van der Waals surface area contributed by atoms with Gasteiger partial charge >= 0.3 is 16.1 Å². The van der Waals surface area contributed by atoms with E-state index in [9.17, 15) is 13.2 Å². The Balaban J connectivity index is 3.32. The monoisotopic (exact) mass is 413 g/mol. The second-order valence-corrected chi connectivity index (χ2v) is 9.08. The number of carbonyl (C=O) groups is 1. The van der Waals surface area contributed by atoms with Gasteiger partial charge in [-0.25, -0.2) is 4.79 Å². The molecule has 0 bridgehead atoms. The van der Waals surface area contributed by atoms with Crippen molar-refractivity contribution in [2.24, 2.45) is 0 Å². The summed E-state index contributed by atoms with van der Waals surface area (Å²) in [5.74, 6) is 0.151. The third-order valence-electron chi connectivity index (χ3n) is 4.39. The maximum atomic E-state index is 12.6. The number of hydrogen-bond donors (Lipinski definition) is 1. The number of hydrogen-bond acceptors (Lipinski definition) is 5. The standard InChI is InChI=1S/C20H35N3O4S/c1-8-22(9-2)18-12-11-17(19(13-18)27-28(25,26)10-3)14-23(16(6)7)20(24)21-15(4)5/h11-13,15-16H,8-10,14H2,1-7H3,(H,21,24). The van der Waals surface area contributed by atoms with Crippen LogP contribution in [0.5, 0.6) is 5.75 Å². The van der Waals surface area contributed by atoms with Crippen LogP contribution in [0.2, 0.25) is 0 Å². The summed E-state index contributed by atoms with van der Waals surface area (Å²) in [4.78, 5) is 16.3. The molecule has 160 valence electrons. The van der Waals surface area contributed by atoms with Crippen LogP contribution in [0.4, 0.5) is 10.5 Å². The Morgan fingerprint density at radius 3 is 2.18 bits per heavy atom. The fourth-order valence-corrected chi connectivity index (χ4v) is 3.28. The molecular weight excluding hydrogens is 378 g/mol. The fraction of sp³-hybridized carbons (Fsp3) is 0.650. The first-order valence-electron chi connectivity index (χ1n) is 9.91. The molecule has 7 nitrogen and oxygen atoms in total. The van der Waals surface area contributed by atoms with Crippen LogP contribution in [0.3, 0.4) is 0 Å². The highest BCUT2D eigenvalue weighted by molar-refractivity contribution is 7.87. The summed E-state index contributed by atoms with van der Waals surface area (Å²) >= 11 is 0. The number of anilines is 1. The molecule has 0 aliphatic carbocycles. The second kappa shape index (κ2) is 10.5. The van der Waals surface area contributed by atoms with E-state index in [0.717, 1.165) is 18.8 Å². The van der Waals surface area contributed by atoms with Crippen LogP contribution in [-0.2, 0) is 16.7 Å². The van der Waals surface area contributed by atoms with Gasteiger partial charge in [-0.2, -0.15) is 8.42 Å². The van der Waals surface area contributed by atoms with Crippen LogP contribution in [0.1, 0.15) is 54.0 Å². The van der Waals surface area contributed by atoms with Crippen LogP contribution in [0.25, 0.3) is 0 Å². The normalized spacial score (nSPS) is 11.6. The Morgan fingerprint density at radius 2 is 1.71 bits per heavy atom. The van der Waals surface area contributed by atoms with E-state index in [1.807, 2.05) is 53.7 Å². The number of urea groups is 1. The molecule has 0 spiro atoms. The van der Waals surface area contributed by atoms with Gasteiger partial charge in [0.25, 0.3) is 0 Å². The number of nitrogens with one attached hydrogen (secondary N) is 1. The van der Waals surface area contributed by atoms with Gasteiger partial charge in [-0.1, -0.05) is 6.07 Å². The van der Waals surface area contributed by atoms with Gasteiger partial charge in [-0.05, 0) is 54.5 Å². The van der Waals surface area contributed by atoms with Gasteiger partial charge in [0.05, 0.1) is 12.3 Å². The van der Waals surface area contributed by atoms with Gasteiger partial charge in [-0.3, -0.25) is 0 Å². The van der Waals surface area contributed by atoms with Crippen LogP contribution in [-0.4, -0.2) is 50.3 Å². The highest BCUT2D eigenvalue weighted by Crippen LogP contribution is 2.29. The van der Waals surface area contributed by atoms with E-state index in [0.29, 0.717) is 5.56 Å². The van der Waals surface area contributed by atoms with Crippen LogP contribution in [0.15, 0.2) is 18.2 Å². The van der Waals surface area contributed by atoms with Gasteiger partial charge in [0.15, 0.2) is 0 Å². The first-order valence-corrected chi connectivity index (χ1v) is 11.5. The van der Waals surface area contributed by atoms with Crippen molar-refractivity contribution in [2.75, 3.05) is 23.7 Å². The summed E-state index contributed by atoms with van der Waals surface area (Å²) in [6, 6.07) is 5.28. The van der Waals surface area contributed by atoms with Crippen molar-refractivity contribution in [2.45, 2.75) is 67.1 Å². The number of rotatable bonds is 10. The molecule has 8 heteroatoms. The number of amides is 2. The van der Waals surface area contributed by atoms with Crippen LogP contribution < -0.4 is 14.4 Å². The van der Waals surface area contributed by atoms with Crippen molar-refractivity contribution in [1.29, 1.82) is 0 Å². The molecule has 0 radical (unpaired) electrons. The smallest absolute Gasteiger partial charge is 0.318 e. The molecule has 0 saturated heterocycles. The Hall–Kier alpha value is -1.96. The van der Waals surface area contributed by atoms with Gasteiger partial charge in [0.1, 0.15) is 5.75 Å². The van der Waals surface area contributed by atoms with Crippen molar-refractivity contribution in [3.8, 4) is 5.75 Å². The molecule has 1 N–H and O–H groups in total. The van der Waals surface area contributed by atoms with Gasteiger partial charge < -0.3 is 19.3 Å². The van der Waals surface area contributed by atoms with E-state index in [1.165, 1.54) is 0 Å². The predicted octanol–water partition coefficient (Wildman–Crippen LogP) is 3.59. The van der Waals surface area contributed by atoms with E-state index in [2.05, 4.69) is 10.2 Å². The van der Waals surface area contributed by atoms with Crippen molar-refractivity contribution in [3.05, 3.63) is 23.8 Å². The Bertz CT molecular complexity index is 744. The van der Waals surface area contributed by atoms with Crippen LogP contribution in [0, 0.1) is 0 Å². The van der Waals surface area contributed by atoms with Gasteiger partial charge in [0.2, 0.25) is 0 Å². The fourth-order valence-electron chi connectivity index (χ4n) is 2.73. The molecule has 1 rings (SSSR count). The molecule has 28 heavy (non-hydrogen) atoms. The van der Waals surface area contributed by atoms with Gasteiger partial charge in [0, 0.05) is 42.5 Å². The molecule has 0 aliphatic heterocycles. The Kier molecular flexibility index (Phi) is 9.07. The molecule has 1 aromatic carbocycles. The molecule has 1 aromatic rings. The minimum Gasteiger partial charge on any atom is -0.382 e. The minimum absolute atomic E-state index is 0.00924. The molecule has 0 heterocycles. The lowest BCUT2D eigenvalue weighted by Gasteiger charge is -2.29. The van der Waals surface area contributed by atoms with Crippen molar-refractivity contribution in [3.63, 3.8) is 0 Å². The summed E-state index contributed by atoms with van der Waals surface area (Å²) in [5.41, 5.74) is 1.54. The molecule has 0 unspecified atom stereocenters. The zero-order chi connectivity index (χ0) is 21.5. The number of carbonyl (C=O) groups excluding carboxylic acids is 1. The highest BCUT2D eigenvalue weighted by Gasteiger charge is 2.22. The lowest BCUT2D eigenvalue weighted by atomic mass is 10.1. The lowest BCUT2D eigenvalue weighted by Crippen LogP contribution is -2.45. The summed E-state index contributed by atoms with van der Waals surface area (Å²) in [6.07, 6.45) is 0. The third kappa shape index (κ3) is 6.89. The summed E-state index contributed by atoms with van der Waals surface area (Å²) < 4.78 is 29.6. The summed E-state index contributed by atoms with van der Waals surface area (Å²) in [5, 5.41) is 2.89. The maximum Gasteiger partial charge on any atom is 0.318 e. The SMILES string of the molecule is CCN(CC)c1ccc(CN(C(=O)NC(C)C)C(C)C)c(OS(=O)(=O)CC)c1. The van der Waals surface area contributed by atoms with E-state index in [4.69, 9.17) is 4.18 Å². The predicted molar refractivity (Wildman–Crippen MR) is 114 cm³/mol.